The second-order valence-corrected chi connectivity index (χ2v) is 7.45. The van der Waals surface area contributed by atoms with Crippen molar-refractivity contribution >= 4 is 32.2 Å². The average molecular weight is 307 g/mol. The zero-order valence-electron chi connectivity index (χ0n) is 11.5. The molecule has 0 aromatic carbocycles. The minimum Gasteiger partial charge on any atom is -0.382 e. The molecular formula is C11H21N3O3S2. The van der Waals surface area contributed by atoms with E-state index in [4.69, 9.17) is 10.5 Å². The Morgan fingerprint density at radius 2 is 2.11 bits per heavy atom. The lowest BCUT2D eigenvalue weighted by Crippen LogP contribution is -2.12. The van der Waals surface area contributed by atoms with E-state index in [1.165, 1.54) is 0 Å². The van der Waals surface area contributed by atoms with Crippen molar-refractivity contribution in [1.82, 2.24) is 4.37 Å². The van der Waals surface area contributed by atoms with Gasteiger partial charge in [0.05, 0.1) is 6.61 Å². The number of sulfone groups is 1. The maximum absolute atomic E-state index is 11.6. The molecule has 0 bridgehead atoms. The van der Waals surface area contributed by atoms with E-state index >= 15 is 0 Å². The van der Waals surface area contributed by atoms with Crippen molar-refractivity contribution in [1.29, 1.82) is 0 Å². The van der Waals surface area contributed by atoms with Gasteiger partial charge in [0, 0.05) is 19.4 Å². The van der Waals surface area contributed by atoms with Crippen molar-refractivity contribution in [2.45, 2.75) is 25.2 Å². The quantitative estimate of drug-likeness (QED) is 0.709. The third-order valence-corrected chi connectivity index (χ3v) is 4.52. The molecule has 1 aromatic heterocycles. The van der Waals surface area contributed by atoms with E-state index in [-0.39, 0.29) is 10.7 Å². The van der Waals surface area contributed by atoms with Gasteiger partial charge in [0.15, 0.2) is 15.7 Å². The van der Waals surface area contributed by atoms with Crippen LogP contribution in [0.25, 0.3) is 0 Å². The Kier molecular flexibility index (Phi) is 6.02. The number of nitrogen functional groups attached to an aromatic ring is 1. The van der Waals surface area contributed by atoms with Gasteiger partial charge in [-0.1, -0.05) is 13.8 Å². The van der Waals surface area contributed by atoms with Crippen LogP contribution < -0.4 is 11.1 Å². The highest BCUT2D eigenvalue weighted by Crippen LogP contribution is 2.30. The summed E-state index contributed by atoms with van der Waals surface area (Å²) in [5.74, 6) is 0.668. The van der Waals surface area contributed by atoms with Gasteiger partial charge in [-0.2, -0.15) is 4.37 Å². The molecule has 0 fully saturated rings. The molecule has 0 unspecified atom stereocenters. The zero-order valence-corrected chi connectivity index (χ0v) is 13.1. The number of aromatic nitrogens is 1. The topological polar surface area (TPSA) is 94.3 Å². The van der Waals surface area contributed by atoms with Crippen molar-refractivity contribution < 1.29 is 13.2 Å². The molecule has 1 aromatic rings. The number of rotatable bonds is 8. The third-order valence-electron chi connectivity index (χ3n) is 2.42. The van der Waals surface area contributed by atoms with Gasteiger partial charge in [0.1, 0.15) is 9.90 Å². The van der Waals surface area contributed by atoms with Gasteiger partial charge >= 0.3 is 0 Å². The summed E-state index contributed by atoms with van der Waals surface area (Å²) < 4.78 is 32.4. The van der Waals surface area contributed by atoms with Crippen LogP contribution in [0.15, 0.2) is 4.90 Å². The Labute approximate surface area is 118 Å². The first-order valence-electron chi connectivity index (χ1n) is 6.09. The summed E-state index contributed by atoms with van der Waals surface area (Å²) in [6, 6.07) is 0. The van der Waals surface area contributed by atoms with Gasteiger partial charge in [0.25, 0.3) is 0 Å². The highest BCUT2D eigenvalue weighted by Gasteiger charge is 2.20. The molecular weight excluding hydrogens is 286 g/mol. The van der Waals surface area contributed by atoms with Crippen LogP contribution in [0.5, 0.6) is 0 Å². The fourth-order valence-corrected chi connectivity index (χ4v) is 3.52. The van der Waals surface area contributed by atoms with Gasteiger partial charge in [-0.05, 0) is 23.9 Å². The Balaban J connectivity index is 2.43. The van der Waals surface area contributed by atoms with Gasteiger partial charge in [0.2, 0.25) is 0 Å². The van der Waals surface area contributed by atoms with Crippen LogP contribution in [-0.4, -0.2) is 38.8 Å². The normalized spacial score (nSPS) is 12.0. The molecule has 3 N–H and O–H groups in total. The maximum atomic E-state index is 11.6. The molecule has 0 radical (unpaired) electrons. The van der Waals surface area contributed by atoms with Crippen molar-refractivity contribution in [3.8, 4) is 0 Å². The first-order valence-corrected chi connectivity index (χ1v) is 8.75. The number of nitrogens with one attached hydrogen (secondary N) is 1. The molecule has 0 aliphatic carbocycles. The molecule has 110 valence electrons. The lowest BCUT2D eigenvalue weighted by Gasteiger charge is -2.08. The first kappa shape index (κ1) is 16.2. The Morgan fingerprint density at radius 3 is 2.68 bits per heavy atom. The Morgan fingerprint density at radius 1 is 1.42 bits per heavy atom. The van der Waals surface area contributed by atoms with Gasteiger partial charge in [-0.3, -0.25) is 0 Å². The smallest absolute Gasteiger partial charge is 0.182 e. The molecule has 8 heteroatoms. The lowest BCUT2D eigenvalue weighted by atomic mass is 10.1. The molecule has 0 atom stereocenters. The summed E-state index contributed by atoms with van der Waals surface area (Å²) in [5, 5.41) is 3.48. The molecule has 0 saturated carbocycles. The van der Waals surface area contributed by atoms with Crippen LogP contribution in [0.1, 0.15) is 20.3 Å². The fourth-order valence-electron chi connectivity index (χ4n) is 1.42. The Bertz CT molecular complexity index is 497. The second-order valence-electron chi connectivity index (χ2n) is 4.72. The van der Waals surface area contributed by atoms with Crippen molar-refractivity contribution in [2.75, 3.05) is 37.1 Å². The number of anilines is 2. The summed E-state index contributed by atoms with van der Waals surface area (Å²) in [6.45, 7) is 6.04. The van der Waals surface area contributed by atoms with E-state index in [1.807, 2.05) is 0 Å². The summed E-state index contributed by atoms with van der Waals surface area (Å²) in [4.78, 5) is 0.0830. The zero-order chi connectivity index (χ0) is 14.5. The maximum Gasteiger partial charge on any atom is 0.182 e. The van der Waals surface area contributed by atoms with Crippen LogP contribution >= 0.6 is 11.5 Å². The number of hydrogen-bond donors (Lipinski definition) is 2. The van der Waals surface area contributed by atoms with Crippen LogP contribution in [-0.2, 0) is 14.6 Å². The van der Waals surface area contributed by atoms with Gasteiger partial charge in [-0.15, -0.1) is 0 Å². The van der Waals surface area contributed by atoms with Gasteiger partial charge in [-0.25, -0.2) is 8.42 Å². The lowest BCUT2D eigenvalue weighted by molar-refractivity contribution is 0.133. The summed E-state index contributed by atoms with van der Waals surface area (Å²) >= 11 is 1.05. The van der Waals surface area contributed by atoms with E-state index in [0.29, 0.717) is 30.7 Å². The second kappa shape index (κ2) is 7.06. The molecule has 1 rings (SSSR count). The largest absolute Gasteiger partial charge is 0.382 e. The minimum atomic E-state index is -3.36. The molecule has 0 saturated heterocycles. The van der Waals surface area contributed by atoms with E-state index in [0.717, 1.165) is 24.2 Å². The summed E-state index contributed by atoms with van der Waals surface area (Å²) in [6.07, 6.45) is 2.14. The van der Waals surface area contributed by atoms with E-state index < -0.39 is 9.84 Å². The molecule has 0 spiro atoms. The molecule has 6 nitrogen and oxygen atoms in total. The first-order chi connectivity index (χ1) is 8.82. The number of ether oxygens (including phenoxy) is 1. The average Bonchev–Trinajstić information content (AvgIpc) is 2.64. The molecule has 1 heterocycles. The number of hydrogen-bond acceptors (Lipinski definition) is 7. The molecule has 0 aliphatic heterocycles. The van der Waals surface area contributed by atoms with E-state index in [2.05, 4.69) is 23.5 Å². The van der Waals surface area contributed by atoms with Crippen molar-refractivity contribution in [3.05, 3.63) is 0 Å². The van der Waals surface area contributed by atoms with Crippen molar-refractivity contribution in [2.24, 2.45) is 5.92 Å². The predicted octanol–water partition coefficient (Wildman–Crippen LogP) is 1.60. The fraction of sp³-hybridized carbons (Fsp3) is 0.727. The van der Waals surface area contributed by atoms with Gasteiger partial charge < -0.3 is 15.8 Å². The minimum absolute atomic E-state index is 0.0516. The third kappa shape index (κ3) is 5.33. The van der Waals surface area contributed by atoms with E-state index in [1.54, 1.807) is 0 Å². The van der Waals surface area contributed by atoms with Crippen LogP contribution in [0.3, 0.4) is 0 Å². The van der Waals surface area contributed by atoms with Crippen LogP contribution in [0.2, 0.25) is 0 Å². The standard InChI is InChI=1S/C11H21N3O3S2/c1-8(2)4-6-17-7-5-13-11-9(19(3,15)16)10(12)14-18-11/h8,13H,4-7H2,1-3H3,(H2,12,14). The molecule has 0 aliphatic rings. The highest BCUT2D eigenvalue weighted by atomic mass is 32.2. The highest BCUT2D eigenvalue weighted by molar-refractivity contribution is 7.91. The van der Waals surface area contributed by atoms with Crippen LogP contribution in [0, 0.1) is 5.92 Å². The molecule has 19 heavy (non-hydrogen) atoms. The number of nitrogens with zero attached hydrogens (tertiary/aromatic N) is 1. The molecule has 0 amide bonds. The van der Waals surface area contributed by atoms with Crippen molar-refractivity contribution in [3.63, 3.8) is 0 Å². The number of nitrogens with two attached hydrogens (primary N) is 1. The Hall–Kier alpha value is -0.860. The summed E-state index contributed by atoms with van der Waals surface area (Å²) in [7, 11) is -3.36. The van der Waals surface area contributed by atoms with Crippen LogP contribution in [0.4, 0.5) is 10.8 Å². The monoisotopic (exact) mass is 307 g/mol. The SMILES string of the molecule is CC(C)CCOCCNc1snc(N)c1S(C)(=O)=O. The van der Waals surface area contributed by atoms with E-state index in [9.17, 15) is 8.42 Å². The predicted molar refractivity (Wildman–Crippen MR) is 78.4 cm³/mol. The summed E-state index contributed by atoms with van der Waals surface area (Å²) in [5.41, 5.74) is 5.56.